The van der Waals surface area contributed by atoms with Gasteiger partial charge in [0.1, 0.15) is 0 Å². The second kappa shape index (κ2) is 7.11. The molecule has 0 bridgehead atoms. The van der Waals surface area contributed by atoms with Crippen LogP contribution in [0.25, 0.3) is 11.1 Å². The molecule has 0 saturated heterocycles. The summed E-state index contributed by atoms with van der Waals surface area (Å²) < 4.78 is 0. The molecule has 0 nitrogen and oxygen atoms in total. The maximum absolute atomic E-state index is 2.38. The van der Waals surface area contributed by atoms with E-state index < -0.39 is 0 Å². The molecule has 2 aliphatic carbocycles. The Morgan fingerprint density at radius 1 is 0.800 bits per heavy atom. The van der Waals surface area contributed by atoms with E-state index in [1.54, 1.807) is 11.1 Å². The molecule has 5 rings (SSSR count). The van der Waals surface area contributed by atoms with Gasteiger partial charge in [0.25, 0.3) is 0 Å². The van der Waals surface area contributed by atoms with Gasteiger partial charge in [-0.25, -0.2) is 6.07 Å². The average Bonchev–Trinajstić information content (AvgIpc) is 3.03. The smallest absolute Gasteiger partial charge is 1.00 e. The third-order valence-electron chi connectivity index (χ3n) is 5.60. The molecular formula is C22H19Cl2Zr. The van der Waals surface area contributed by atoms with Gasteiger partial charge in [0.2, 0.25) is 0 Å². The van der Waals surface area contributed by atoms with Gasteiger partial charge in [-0.2, -0.15) is 17.2 Å². The predicted molar refractivity (Wildman–Crippen MR) is 91.6 cm³/mol. The second-order valence-electron chi connectivity index (χ2n) is 7.35. The van der Waals surface area contributed by atoms with Crippen LogP contribution in [0.5, 0.6) is 0 Å². The van der Waals surface area contributed by atoms with Crippen molar-refractivity contribution in [3.63, 3.8) is 0 Å². The van der Waals surface area contributed by atoms with Crippen LogP contribution in [0.2, 0.25) is 0 Å². The summed E-state index contributed by atoms with van der Waals surface area (Å²) in [6, 6.07) is 22.6. The van der Waals surface area contributed by atoms with E-state index in [9.17, 15) is 0 Å². The van der Waals surface area contributed by atoms with Crippen molar-refractivity contribution in [2.24, 2.45) is 0 Å². The first-order chi connectivity index (χ1) is 10.7. The maximum atomic E-state index is 2.38. The molecule has 2 aliphatic rings. The molecule has 3 heteroatoms. The number of halogens is 2. The maximum Gasteiger partial charge on any atom is 3.00 e. The molecule has 0 heterocycles. The van der Waals surface area contributed by atoms with Gasteiger partial charge in [-0.05, 0) is 28.2 Å². The van der Waals surface area contributed by atoms with E-state index >= 15 is 0 Å². The van der Waals surface area contributed by atoms with Crippen molar-refractivity contribution < 1.29 is 51.0 Å². The zero-order valence-corrected chi connectivity index (χ0v) is 18.3. The van der Waals surface area contributed by atoms with Gasteiger partial charge >= 0.3 is 26.2 Å². The topological polar surface area (TPSA) is 0 Å². The Bertz CT molecular complexity index is 862. The average molecular weight is 446 g/mol. The molecule has 0 fully saturated rings. The summed E-state index contributed by atoms with van der Waals surface area (Å²) >= 11 is 0. The van der Waals surface area contributed by atoms with Gasteiger partial charge < -0.3 is 24.8 Å². The van der Waals surface area contributed by atoms with Crippen molar-refractivity contribution >= 4 is 0 Å². The minimum atomic E-state index is 0. The molecule has 0 amide bonds. The summed E-state index contributed by atoms with van der Waals surface area (Å²) in [5, 5.41) is 0. The minimum Gasteiger partial charge on any atom is -1.00 e. The van der Waals surface area contributed by atoms with Gasteiger partial charge in [-0.15, -0.1) is 5.56 Å². The van der Waals surface area contributed by atoms with Crippen LogP contribution in [0.1, 0.15) is 47.6 Å². The summed E-state index contributed by atoms with van der Waals surface area (Å²) in [7, 11) is 0. The van der Waals surface area contributed by atoms with E-state index in [2.05, 4.69) is 74.5 Å². The number of hydrogen-bond acceptors (Lipinski definition) is 0. The van der Waals surface area contributed by atoms with Gasteiger partial charge in [-0.3, -0.25) is 0 Å². The third-order valence-corrected chi connectivity index (χ3v) is 5.60. The Morgan fingerprint density at radius 2 is 1.32 bits per heavy atom. The van der Waals surface area contributed by atoms with E-state index in [0.29, 0.717) is 11.3 Å². The van der Waals surface area contributed by atoms with Crippen LogP contribution < -0.4 is 24.8 Å². The number of hydrogen-bond donors (Lipinski definition) is 0. The van der Waals surface area contributed by atoms with Crippen LogP contribution in [-0.2, 0) is 38.0 Å². The molecule has 0 saturated carbocycles. The quantitative estimate of drug-likeness (QED) is 0.344. The first-order valence-electron chi connectivity index (χ1n) is 8.14. The van der Waals surface area contributed by atoms with Crippen molar-refractivity contribution in [1.29, 1.82) is 0 Å². The molecule has 3 aromatic carbocycles. The van der Waals surface area contributed by atoms with E-state index in [1.165, 1.54) is 34.2 Å². The SMILES string of the molecule is CC1(C)Cc2c(C3c4ccccc4-c4ccccc43)cc[c-]21.[Cl-].[Cl-].[Zr+3]. The van der Waals surface area contributed by atoms with E-state index in [0.717, 1.165) is 0 Å². The van der Waals surface area contributed by atoms with Crippen LogP contribution in [0.4, 0.5) is 0 Å². The molecule has 0 aliphatic heterocycles. The van der Waals surface area contributed by atoms with Crippen molar-refractivity contribution in [3.8, 4) is 11.1 Å². The fraction of sp³-hybridized carbons (Fsp3) is 0.227. The molecule has 3 aromatic rings. The number of benzene rings is 2. The molecule has 0 unspecified atom stereocenters. The fourth-order valence-corrected chi connectivity index (χ4v) is 4.55. The van der Waals surface area contributed by atoms with E-state index in [4.69, 9.17) is 0 Å². The largest absolute Gasteiger partial charge is 3.00 e. The zero-order valence-electron chi connectivity index (χ0n) is 14.3. The second-order valence-corrected chi connectivity index (χ2v) is 7.35. The standard InChI is InChI=1S/C22H19.2ClH.Zr/c1-22(2)13-19-18(11-12-20(19)22)21-16-9-5-3-7-14(16)15-8-4-6-10-17(15)21;;;/h3-12,21H,13H2,1-2H3;2*1H;/q-1;;;+3/p-2. The summed E-state index contributed by atoms with van der Waals surface area (Å²) in [5.41, 5.74) is 10.8. The first kappa shape index (κ1) is 20.6. The van der Waals surface area contributed by atoms with Gasteiger partial charge in [-0.1, -0.05) is 74.2 Å². The van der Waals surface area contributed by atoms with E-state index in [-0.39, 0.29) is 51.0 Å². The Labute approximate surface area is 181 Å². The number of fused-ring (bicyclic) bond motifs is 4. The monoisotopic (exact) mass is 443 g/mol. The summed E-state index contributed by atoms with van der Waals surface area (Å²) in [4.78, 5) is 0. The predicted octanol–water partition coefficient (Wildman–Crippen LogP) is -0.595. The minimum absolute atomic E-state index is 0. The Hall–Kier alpha value is -0.747. The van der Waals surface area contributed by atoms with Crippen molar-refractivity contribution in [2.75, 3.05) is 0 Å². The fourth-order valence-electron chi connectivity index (χ4n) is 4.55. The summed E-state index contributed by atoms with van der Waals surface area (Å²) in [5.74, 6) is 0.423. The Kier molecular flexibility index (Phi) is 5.85. The van der Waals surface area contributed by atoms with E-state index in [1.807, 2.05) is 0 Å². The third kappa shape index (κ3) is 2.80. The molecule has 0 spiro atoms. The molecule has 0 N–H and O–H groups in total. The van der Waals surface area contributed by atoms with Gasteiger partial charge in [0.05, 0.1) is 0 Å². The van der Waals surface area contributed by atoms with Crippen molar-refractivity contribution in [3.05, 3.63) is 88.5 Å². The Morgan fingerprint density at radius 3 is 1.80 bits per heavy atom. The normalized spacial score (nSPS) is 15.4. The van der Waals surface area contributed by atoms with Gasteiger partial charge in [0.15, 0.2) is 0 Å². The van der Waals surface area contributed by atoms with Crippen LogP contribution >= 0.6 is 0 Å². The number of rotatable bonds is 1. The summed E-state index contributed by atoms with van der Waals surface area (Å²) in [6.45, 7) is 4.71. The molecular weight excluding hydrogens is 426 g/mol. The molecule has 25 heavy (non-hydrogen) atoms. The van der Waals surface area contributed by atoms with Crippen LogP contribution in [-0.4, -0.2) is 0 Å². The van der Waals surface area contributed by atoms with Crippen LogP contribution in [0, 0.1) is 0 Å². The van der Waals surface area contributed by atoms with Gasteiger partial charge in [0, 0.05) is 0 Å². The van der Waals surface area contributed by atoms with Crippen molar-refractivity contribution in [1.82, 2.24) is 0 Å². The zero-order chi connectivity index (χ0) is 14.9. The molecule has 0 atom stereocenters. The van der Waals surface area contributed by atoms with Crippen LogP contribution in [0.3, 0.4) is 0 Å². The molecule has 125 valence electrons. The summed E-state index contributed by atoms with van der Waals surface area (Å²) in [6.07, 6.45) is 1.21. The molecule has 0 aromatic heterocycles. The molecule has 1 radical (unpaired) electrons. The Balaban J connectivity index is 0.000000751. The van der Waals surface area contributed by atoms with Crippen LogP contribution in [0.15, 0.2) is 60.7 Å². The first-order valence-corrected chi connectivity index (χ1v) is 8.14. The van der Waals surface area contributed by atoms with Crippen molar-refractivity contribution in [2.45, 2.75) is 31.6 Å².